The number of aliphatic hydroxyl groups is 1. The Morgan fingerprint density at radius 3 is 2.67 bits per heavy atom. The van der Waals surface area contributed by atoms with Gasteiger partial charge in [-0.05, 0) is 31.2 Å². The van der Waals surface area contributed by atoms with E-state index in [-0.39, 0.29) is 12.6 Å². The molecule has 1 aromatic rings. The molecule has 4 nitrogen and oxygen atoms in total. The lowest BCUT2D eigenvalue weighted by Gasteiger charge is -2.07. The van der Waals surface area contributed by atoms with Gasteiger partial charge < -0.3 is 15.7 Å². The van der Waals surface area contributed by atoms with Crippen LogP contribution in [0.5, 0.6) is 0 Å². The van der Waals surface area contributed by atoms with E-state index < -0.39 is 0 Å². The Bertz CT molecular complexity index is 355. The second-order valence-corrected chi connectivity index (χ2v) is 5.16. The monoisotopic (exact) mass is 268 g/mol. The number of aliphatic hydroxyl groups excluding tert-OH is 1. The summed E-state index contributed by atoms with van der Waals surface area (Å²) in [4.78, 5) is 11.5. The molecular weight excluding hydrogens is 248 g/mol. The van der Waals surface area contributed by atoms with E-state index in [0.717, 1.165) is 23.6 Å². The molecule has 0 unspecified atom stereocenters. The fraction of sp³-hybridized carbons (Fsp3) is 0.462. The van der Waals surface area contributed by atoms with Gasteiger partial charge in [0.25, 0.3) is 0 Å². The lowest BCUT2D eigenvalue weighted by molar-refractivity contribution is 0.252. The highest BCUT2D eigenvalue weighted by molar-refractivity contribution is 7.99. The number of carbonyl (C=O) groups excluding carboxylic acids is 1. The van der Waals surface area contributed by atoms with Crippen molar-refractivity contribution in [3.8, 4) is 0 Å². The first-order chi connectivity index (χ1) is 8.72. The predicted molar refractivity (Wildman–Crippen MR) is 77.2 cm³/mol. The van der Waals surface area contributed by atoms with Crippen molar-refractivity contribution < 1.29 is 9.90 Å². The van der Waals surface area contributed by atoms with E-state index >= 15 is 0 Å². The average Bonchev–Trinajstić information content (AvgIpc) is 2.36. The summed E-state index contributed by atoms with van der Waals surface area (Å²) in [6, 6.07) is 7.50. The van der Waals surface area contributed by atoms with Crippen LogP contribution in [0.4, 0.5) is 10.5 Å². The summed E-state index contributed by atoms with van der Waals surface area (Å²) in [5, 5.41) is 14.2. The molecule has 0 saturated heterocycles. The van der Waals surface area contributed by atoms with E-state index in [4.69, 9.17) is 5.11 Å². The molecule has 0 aliphatic rings. The maximum absolute atomic E-state index is 11.5. The second-order valence-electron chi connectivity index (χ2n) is 3.94. The number of rotatable bonds is 7. The predicted octanol–water partition coefficient (Wildman–Crippen LogP) is 2.23. The number of urea groups is 1. The summed E-state index contributed by atoms with van der Waals surface area (Å²) < 4.78 is 0. The summed E-state index contributed by atoms with van der Waals surface area (Å²) in [6.07, 6.45) is 0.806. The highest BCUT2D eigenvalue weighted by Gasteiger charge is 2.00. The van der Waals surface area contributed by atoms with Crippen LogP contribution in [-0.2, 0) is 0 Å². The van der Waals surface area contributed by atoms with Crippen LogP contribution in [0.15, 0.2) is 24.3 Å². The number of anilines is 1. The van der Waals surface area contributed by atoms with E-state index in [1.807, 2.05) is 31.2 Å². The van der Waals surface area contributed by atoms with Gasteiger partial charge in [-0.2, -0.15) is 11.8 Å². The first kappa shape index (κ1) is 14.9. The number of carbonyl (C=O) groups is 1. The van der Waals surface area contributed by atoms with Gasteiger partial charge in [0.1, 0.15) is 0 Å². The molecule has 2 amide bonds. The normalized spacial score (nSPS) is 10.1. The van der Waals surface area contributed by atoms with Crippen LogP contribution < -0.4 is 10.6 Å². The molecule has 0 aliphatic carbocycles. The highest BCUT2D eigenvalue weighted by Crippen LogP contribution is 2.08. The maximum atomic E-state index is 11.5. The fourth-order valence-electron chi connectivity index (χ4n) is 1.32. The molecule has 3 N–H and O–H groups in total. The van der Waals surface area contributed by atoms with Crippen molar-refractivity contribution in [2.24, 2.45) is 0 Å². The minimum atomic E-state index is -0.179. The van der Waals surface area contributed by atoms with Crippen LogP contribution in [-0.4, -0.2) is 35.8 Å². The Morgan fingerprint density at radius 1 is 1.28 bits per heavy atom. The highest BCUT2D eigenvalue weighted by atomic mass is 32.2. The number of thioether (sulfide) groups is 1. The molecule has 1 aromatic carbocycles. The van der Waals surface area contributed by atoms with Crippen LogP contribution >= 0.6 is 11.8 Å². The van der Waals surface area contributed by atoms with Crippen molar-refractivity contribution >= 4 is 23.5 Å². The third-order valence-corrected chi connectivity index (χ3v) is 3.36. The quantitative estimate of drug-likeness (QED) is 0.665. The minimum absolute atomic E-state index is 0.179. The largest absolute Gasteiger partial charge is 0.396 e. The topological polar surface area (TPSA) is 61.4 Å². The van der Waals surface area contributed by atoms with Gasteiger partial charge in [-0.15, -0.1) is 0 Å². The summed E-state index contributed by atoms with van der Waals surface area (Å²) in [6.45, 7) is 2.87. The molecule has 0 bridgehead atoms. The zero-order valence-corrected chi connectivity index (χ0v) is 11.4. The van der Waals surface area contributed by atoms with E-state index in [2.05, 4.69) is 10.6 Å². The van der Waals surface area contributed by atoms with Gasteiger partial charge in [0.15, 0.2) is 0 Å². The molecule has 0 atom stereocenters. The molecule has 100 valence electrons. The van der Waals surface area contributed by atoms with Crippen molar-refractivity contribution in [2.45, 2.75) is 13.3 Å². The third-order valence-electron chi connectivity index (χ3n) is 2.29. The van der Waals surface area contributed by atoms with Crippen LogP contribution in [0, 0.1) is 6.92 Å². The van der Waals surface area contributed by atoms with Gasteiger partial charge >= 0.3 is 6.03 Å². The third kappa shape index (κ3) is 6.51. The van der Waals surface area contributed by atoms with Crippen molar-refractivity contribution in [1.29, 1.82) is 0 Å². The molecule has 5 heteroatoms. The van der Waals surface area contributed by atoms with Gasteiger partial charge in [0.05, 0.1) is 0 Å². The lowest BCUT2D eigenvalue weighted by atomic mass is 10.2. The summed E-state index contributed by atoms with van der Waals surface area (Å²) in [5.41, 5.74) is 1.97. The smallest absolute Gasteiger partial charge is 0.319 e. The van der Waals surface area contributed by atoms with Crippen LogP contribution in [0.1, 0.15) is 12.0 Å². The van der Waals surface area contributed by atoms with Gasteiger partial charge in [-0.1, -0.05) is 17.7 Å². The SMILES string of the molecule is Cc1ccc(NC(=O)NCCSCCCO)cc1. The summed E-state index contributed by atoms with van der Waals surface area (Å²) in [5.74, 6) is 1.79. The van der Waals surface area contributed by atoms with Gasteiger partial charge in [0.2, 0.25) is 0 Å². The number of hydrogen-bond acceptors (Lipinski definition) is 3. The van der Waals surface area contributed by atoms with E-state index in [1.54, 1.807) is 11.8 Å². The number of nitrogens with one attached hydrogen (secondary N) is 2. The van der Waals surface area contributed by atoms with Gasteiger partial charge in [-0.25, -0.2) is 4.79 Å². The molecule has 18 heavy (non-hydrogen) atoms. The second kappa shape index (κ2) is 8.83. The Kier molecular flexibility index (Phi) is 7.29. The van der Waals surface area contributed by atoms with Crippen LogP contribution in [0.2, 0.25) is 0 Å². The molecule has 0 aliphatic heterocycles. The number of amides is 2. The number of hydrogen-bond donors (Lipinski definition) is 3. The molecule has 0 spiro atoms. The fourth-order valence-corrected chi connectivity index (χ4v) is 2.10. The molecule has 0 fully saturated rings. The van der Waals surface area contributed by atoms with Gasteiger partial charge in [-0.3, -0.25) is 0 Å². The van der Waals surface area contributed by atoms with Crippen molar-refractivity contribution in [3.63, 3.8) is 0 Å². The average molecular weight is 268 g/mol. The first-order valence-corrected chi connectivity index (χ1v) is 7.18. The van der Waals surface area contributed by atoms with Crippen molar-refractivity contribution in [2.75, 3.05) is 30.0 Å². The number of aryl methyl sites for hydroxylation is 1. The van der Waals surface area contributed by atoms with Crippen molar-refractivity contribution in [1.82, 2.24) is 5.32 Å². The van der Waals surface area contributed by atoms with E-state index in [9.17, 15) is 4.79 Å². The molecule has 0 saturated carbocycles. The van der Waals surface area contributed by atoms with E-state index in [0.29, 0.717) is 6.54 Å². The zero-order valence-electron chi connectivity index (χ0n) is 10.6. The Morgan fingerprint density at radius 2 is 2.00 bits per heavy atom. The molecule has 1 rings (SSSR count). The maximum Gasteiger partial charge on any atom is 0.319 e. The zero-order chi connectivity index (χ0) is 13.2. The first-order valence-electron chi connectivity index (χ1n) is 6.02. The number of benzene rings is 1. The van der Waals surface area contributed by atoms with Crippen LogP contribution in [0.25, 0.3) is 0 Å². The van der Waals surface area contributed by atoms with Crippen molar-refractivity contribution in [3.05, 3.63) is 29.8 Å². The van der Waals surface area contributed by atoms with Crippen LogP contribution in [0.3, 0.4) is 0 Å². The van der Waals surface area contributed by atoms with Gasteiger partial charge in [0, 0.05) is 24.6 Å². The summed E-state index contributed by atoms with van der Waals surface area (Å²) >= 11 is 1.73. The Labute approximate surface area is 112 Å². The molecular formula is C13H20N2O2S. The lowest BCUT2D eigenvalue weighted by Crippen LogP contribution is -2.30. The van der Waals surface area contributed by atoms with E-state index in [1.165, 1.54) is 5.56 Å². The minimum Gasteiger partial charge on any atom is -0.396 e. The molecule has 0 radical (unpaired) electrons. The Balaban J connectivity index is 2.12. The standard InChI is InChI=1S/C13H20N2O2S/c1-11-3-5-12(6-4-11)15-13(17)14-7-10-18-9-2-8-16/h3-6,16H,2,7-10H2,1H3,(H2,14,15,17). The molecule has 0 aromatic heterocycles. The molecule has 0 heterocycles. The Hall–Kier alpha value is -1.20. The summed E-state index contributed by atoms with van der Waals surface area (Å²) in [7, 11) is 0.